The molecule has 1 N–H and O–H groups in total. The fourth-order valence-electron chi connectivity index (χ4n) is 4.28. The van der Waals surface area contributed by atoms with E-state index in [0.717, 1.165) is 42.1 Å². The zero-order valence-electron chi connectivity index (χ0n) is 12.9. The van der Waals surface area contributed by atoms with Crippen molar-refractivity contribution in [3.05, 3.63) is 69.7 Å². The summed E-state index contributed by atoms with van der Waals surface area (Å²) in [6.45, 7) is 0.933. The van der Waals surface area contributed by atoms with E-state index < -0.39 is 11.7 Å². The van der Waals surface area contributed by atoms with E-state index in [4.69, 9.17) is 11.6 Å². The number of benzene rings is 2. The largest absolute Gasteiger partial charge is 0.416 e. The molecule has 0 bridgehead atoms. The summed E-state index contributed by atoms with van der Waals surface area (Å²) < 4.78 is 39.3. The van der Waals surface area contributed by atoms with Crippen LogP contribution in [0, 0.1) is 5.92 Å². The van der Waals surface area contributed by atoms with Gasteiger partial charge in [-0.2, -0.15) is 13.2 Å². The summed E-state index contributed by atoms with van der Waals surface area (Å²) in [4.78, 5) is 0. The Balaban J connectivity index is 1.83. The molecule has 0 saturated carbocycles. The summed E-state index contributed by atoms with van der Waals surface area (Å²) in [6, 6.07) is 11.7. The molecule has 3 atom stereocenters. The second-order valence-corrected chi connectivity index (χ2v) is 7.05. The topological polar surface area (TPSA) is 12.0 Å². The minimum Gasteiger partial charge on any atom is -0.310 e. The van der Waals surface area contributed by atoms with Gasteiger partial charge >= 0.3 is 6.18 Å². The normalized spacial score (nSPS) is 26.1. The van der Waals surface area contributed by atoms with E-state index in [2.05, 4.69) is 5.32 Å². The monoisotopic (exact) mass is 351 g/mol. The standard InChI is InChI=1S/C19H17ClF3N/c20-13-6-7-14-16(10-13)18-15(5-2-8-24-18)17(14)11-3-1-4-12(9-11)19(21,22)23/h1,3-4,6-7,9-10,15,17-18,24H,2,5,8H2. The smallest absolute Gasteiger partial charge is 0.310 e. The first-order valence-electron chi connectivity index (χ1n) is 8.15. The highest BCUT2D eigenvalue weighted by Crippen LogP contribution is 2.52. The predicted molar refractivity (Wildman–Crippen MR) is 88.2 cm³/mol. The summed E-state index contributed by atoms with van der Waals surface area (Å²) in [7, 11) is 0. The zero-order chi connectivity index (χ0) is 16.9. The molecule has 1 saturated heterocycles. The Bertz CT molecular complexity index is 771. The van der Waals surface area contributed by atoms with Crippen molar-refractivity contribution in [2.75, 3.05) is 6.54 Å². The molecule has 5 heteroatoms. The molecule has 0 amide bonds. The molecule has 2 aromatic carbocycles. The Kier molecular flexibility index (Phi) is 3.85. The molecule has 1 aliphatic carbocycles. The molecule has 1 aliphatic heterocycles. The number of hydrogen-bond acceptors (Lipinski definition) is 1. The van der Waals surface area contributed by atoms with Gasteiger partial charge in [-0.25, -0.2) is 0 Å². The van der Waals surface area contributed by atoms with E-state index in [1.54, 1.807) is 0 Å². The van der Waals surface area contributed by atoms with Crippen molar-refractivity contribution in [2.24, 2.45) is 5.92 Å². The van der Waals surface area contributed by atoms with Gasteiger partial charge in [0.25, 0.3) is 0 Å². The molecule has 0 radical (unpaired) electrons. The number of rotatable bonds is 1. The Morgan fingerprint density at radius 3 is 2.67 bits per heavy atom. The molecule has 2 aromatic rings. The molecule has 1 nitrogen and oxygen atoms in total. The SMILES string of the molecule is FC(F)(F)c1cccc(C2c3ccc(Cl)cc3C3NCCCC32)c1. The van der Waals surface area contributed by atoms with Gasteiger partial charge < -0.3 is 5.32 Å². The lowest BCUT2D eigenvalue weighted by Crippen LogP contribution is -2.33. The average Bonchev–Trinajstić information content (AvgIpc) is 2.88. The van der Waals surface area contributed by atoms with Crippen LogP contribution in [-0.4, -0.2) is 6.54 Å². The Labute approximate surface area is 143 Å². The van der Waals surface area contributed by atoms with Crippen molar-refractivity contribution >= 4 is 11.6 Å². The van der Waals surface area contributed by atoms with Crippen LogP contribution in [-0.2, 0) is 6.18 Å². The quantitative estimate of drug-likeness (QED) is 0.710. The van der Waals surface area contributed by atoms with Gasteiger partial charge in [0.15, 0.2) is 0 Å². The fourth-order valence-corrected chi connectivity index (χ4v) is 4.46. The van der Waals surface area contributed by atoms with Crippen LogP contribution in [0.15, 0.2) is 42.5 Å². The van der Waals surface area contributed by atoms with Gasteiger partial charge in [-0.05, 0) is 60.2 Å². The van der Waals surface area contributed by atoms with E-state index in [1.165, 1.54) is 12.1 Å². The van der Waals surface area contributed by atoms with Gasteiger partial charge in [0.1, 0.15) is 0 Å². The minimum absolute atomic E-state index is 0.0163. The van der Waals surface area contributed by atoms with E-state index in [0.29, 0.717) is 5.02 Å². The number of alkyl halides is 3. The van der Waals surface area contributed by atoms with Gasteiger partial charge in [0, 0.05) is 17.0 Å². The molecule has 0 spiro atoms. The second-order valence-electron chi connectivity index (χ2n) is 6.61. The van der Waals surface area contributed by atoms with Crippen LogP contribution < -0.4 is 5.32 Å². The van der Waals surface area contributed by atoms with E-state index in [9.17, 15) is 13.2 Å². The first-order chi connectivity index (χ1) is 11.4. The van der Waals surface area contributed by atoms with Gasteiger partial charge in [-0.1, -0.05) is 35.9 Å². The van der Waals surface area contributed by atoms with E-state index >= 15 is 0 Å². The highest BCUT2D eigenvalue weighted by molar-refractivity contribution is 6.30. The van der Waals surface area contributed by atoms with Gasteiger partial charge in [0.05, 0.1) is 5.56 Å². The molecule has 24 heavy (non-hydrogen) atoms. The highest BCUT2D eigenvalue weighted by Gasteiger charge is 2.43. The number of fused-ring (bicyclic) bond motifs is 3. The second kappa shape index (κ2) is 5.78. The molecule has 126 valence electrons. The molecule has 1 fully saturated rings. The third kappa shape index (κ3) is 2.62. The predicted octanol–water partition coefficient (Wildman–Crippen LogP) is 5.55. The molecule has 2 aliphatic rings. The van der Waals surface area contributed by atoms with Gasteiger partial charge in [-0.15, -0.1) is 0 Å². The summed E-state index contributed by atoms with van der Waals surface area (Å²) in [5, 5.41) is 4.20. The molecule has 4 rings (SSSR count). The first kappa shape index (κ1) is 16.0. The van der Waals surface area contributed by atoms with Crippen LogP contribution in [0.25, 0.3) is 0 Å². The number of hydrogen-bond donors (Lipinski definition) is 1. The zero-order valence-corrected chi connectivity index (χ0v) is 13.7. The van der Waals surface area contributed by atoms with Crippen molar-refractivity contribution < 1.29 is 13.2 Å². The van der Waals surface area contributed by atoms with Crippen molar-refractivity contribution in [3.63, 3.8) is 0 Å². The van der Waals surface area contributed by atoms with Gasteiger partial charge in [0.2, 0.25) is 0 Å². The van der Waals surface area contributed by atoms with E-state index in [-0.39, 0.29) is 17.9 Å². The van der Waals surface area contributed by atoms with Crippen molar-refractivity contribution in [1.82, 2.24) is 5.32 Å². The molecule has 1 heterocycles. The summed E-state index contributed by atoms with van der Waals surface area (Å²) >= 11 is 6.16. The molecular formula is C19H17ClF3N. The number of halogens is 4. The van der Waals surface area contributed by atoms with Crippen LogP contribution >= 0.6 is 11.6 Å². The van der Waals surface area contributed by atoms with Crippen molar-refractivity contribution in [1.29, 1.82) is 0 Å². The van der Waals surface area contributed by atoms with Crippen LogP contribution in [0.3, 0.4) is 0 Å². The maximum Gasteiger partial charge on any atom is 0.416 e. The molecular weight excluding hydrogens is 335 g/mol. The van der Waals surface area contributed by atoms with Crippen LogP contribution in [0.5, 0.6) is 0 Å². The fraction of sp³-hybridized carbons (Fsp3) is 0.368. The first-order valence-corrected chi connectivity index (χ1v) is 8.53. The third-order valence-corrected chi connectivity index (χ3v) is 5.46. The Hall–Kier alpha value is -1.52. The lowest BCUT2D eigenvalue weighted by molar-refractivity contribution is -0.137. The van der Waals surface area contributed by atoms with Crippen LogP contribution in [0.4, 0.5) is 13.2 Å². The lowest BCUT2D eigenvalue weighted by Gasteiger charge is -2.31. The lowest BCUT2D eigenvalue weighted by atomic mass is 9.80. The Morgan fingerprint density at radius 2 is 1.88 bits per heavy atom. The minimum atomic E-state index is -4.32. The maximum atomic E-state index is 13.1. The maximum absolute atomic E-state index is 13.1. The average molecular weight is 352 g/mol. The van der Waals surface area contributed by atoms with Crippen LogP contribution in [0.1, 0.15) is 47.1 Å². The number of nitrogens with one attached hydrogen (secondary N) is 1. The third-order valence-electron chi connectivity index (χ3n) is 5.23. The van der Waals surface area contributed by atoms with Gasteiger partial charge in [-0.3, -0.25) is 0 Å². The Morgan fingerprint density at radius 1 is 1.04 bits per heavy atom. The summed E-state index contributed by atoms with van der Waals surface area (Å²) in [5.74, 6) is 0.257. The number of piperidine rings is 1. The van der Waals surface area contributed by atoms with Crippen LogP contribution in [0.2, 0.25) is 5.02 Å². The summed E-state index contributed by atoms with van der Waals surface area (Å²) in [5.41, 5.74) is 2.39. The van der Waals surface area contributed by atoms with Crippen molar-refractivity contribution in [3.8, 4) is 0 Å². The van der Waals surface area contributed by atoms with Crippen molar-refractivity contribution in [2.45, 2.75) is 31.0 Å². The highest BCUT2D eigenvalue weighted by atomic mass is 35.5. The molecule has 3 unspecified atom stereocenters. The summed E-state index contributed by atoms with van der Waals surface area (Å²) in [6.07, 6.45) is -2.27. The molecule has 0 aromatic heterocycles. The van der Waals surface area contributed by atoms with E-state index in [1.807, 2.05) is 24.3 Å².